The van der Waals surface area contributed by atoms with Gasteiger partial charge in [0.25, 0.3) is 5.91 Å². The van der Waals surface area contributed by atoms with Gasteiger partial charge >= 0.3 is 5.63 Å². The maximum atomic E-state index is 12.3. The molecule has 1 N–H and O–H groups in total. The Morgan fingerprint density at radius 1 is 1.23 bits per heavy atom. The van der Waals surface area contributed by atoms with Crippen molar-refractivity contribution in [2.75, 3.05) is 13.2 Å². The molecule has 0 radical (unpaired) electrons. The smallest absolute Gasteiger partial charge is 0.349 e. The van der Waals surface area contributed by atoms with Gasteiger partial charge in [0, 0.05) is 19.6 Å². The molecule has 1 saturated heterocycles. The van der Waals surface area contributed by atoms with Crippen molar-refractivity contribution in [2.24, 2.45) is 0 Å². The van der Waals surface area contributed by atoms with E-state index in [2.05, 4.69) is 17.4 Å². The van der Waals surface area contributed by atoms with Crippen LogP contribution in [-0.2, 0) is 17.6 Å². The number of rotatable bonds is 7. The van der Waals surface area contributed by atoms with E-state index in [4.69, 9.17) is 9.15 Å². The third-order valence-corrected chi connectivity index (χ3v) is 4.67. The Morgan fingerprint density at radius 3 is 2.73 bits per heavy atom. The van der Waals surface area contributed by atoms with Crippen LogP contribution in [-0.4, -0.2) is 25.2 Å². The summed E-state index contributed by atoms with van der Waals surface area (Å²) < 4.78 is 10.9. The molecule has 1 unspecified atom stereocenters. The molecule has 0 aliphatic carbocycles. The molecule has 2 heterocycles. The number of amides is 1. The van der Waals surface area contributed by atoms with Crippen LogP contribution in [0.4, 0.5) is 0 Å². The highest BCUT2D eigenvalue weighted by Crippen LogP contribution is 2.13. The number of hydrogen-bond donors (Lipinski definition) is 1. The molecule has 1 aromatic heterocycles. The van der Waals surface area contributed by atoms with E-state index in [1.165, 1.54) is 5.56 Å². The van der Waals surface area contributed by atoms with E-state index in [0.717, 1.165) is 32.3 Å². The zero-order valence-corrected chi connectivity index (χ0v) is 15.1. The zero-order valence-electron chi connectivity index (χ0n) is 15.1. The average molecular weight is 355 g/mol. The molecular weight excluding hydrogens is 330 g/mol. The molecule has 1 atom stereocenters. The molecule has 5 heteroatoms. The van der Waals surface area contributed by atoms with Crippen molar-refractivity contribution >= 4 is 5.91 Å². The lowest BCUT2D eigenvalue weighted by atomic mass is 10.1. The van der Waals surface area contributed by atoms with E-state index >= 15 is 0 Å². The Labute approximate surface area is 153 Å². The van der Waals surface area contributed by atoms with Gasteiger partial charge in [-0.15, -0.1) is 0 Å². The molecule has 0 spiro atoms. The maximum Gasteiger partial charge on any atom is 0.349 e. The number of benzene rings is 1. The Morgan fingerprint density at radius 2 is 2.04 bits per heavy atom. The van der Waals surface area contributed by atoms with E-state index in [1.807, 2.05) is 18.2 Å². The third kappa shape index (κ3) is 4.82. The third-order valence-electron chi connectivity index (χ3n) is 4.67. The van der Waals surface area contributed by atoms with Gasteiger partial charge in [0.05, 0.1) is 6.10 Å². The van der Waals surface area contributed by atoms with Crippen LogP contribution in [0.25, 0.3) is 0 Å². The molecular formula is C21H25NO4. The van der Waals surface area contributed by atoms with Gasteiger partial charge in [-0.1, -0.05) is 30.3 Å². The van der Waals surface area contributed by atoms with Crippen LogP contribution in [0.2, 0.25) is 0 Å². The van der Waals surface area contributed by atoms with Crippen LogP contribution in [0.15, 0.2) is 45.6 Å². The summed E-state index contributed by atoms with van der Waals surface area (Å²) in [4.78, 5) is 24.6. The van der Waals surface area contributed by atoms with Crippen molar-refractivity contribution in [3.8, 4) is 0 Å². The number of ether oxygens (including phenoxy) is 1. The molecule has 2 aromatic rings. The normalized spacial score (nSPS) is 16.6. The van der Waals surface area contributed by atoms with Crippen LogP contribution in [0.1, 0.15) is 46.5 Å². The van der Waals surface area contributed by atoms with Gasteiger partial charge in [0.15, 0.2) is 0 Å². The minimum absolute atomic E-state index is 0.0450. The SMILES string of the molecule is Cc1cc(CCCc2ccccc2)oc(=O)c1C(=O)NCC1CCCO1. The average Bonchev–Trinajstić information content (AvgIpc) is 3.14. The lowest BCUT2D eigenvalue weighted by molar-refractivity contribution is 0.0853. The van der Waals surface area contributed by atoms with Crippen LogP contribution in [0.5, 0.6) is 0 Å². The van der Waals surface area contributed by atoms with Crippen molar-refractivity contribution in [3.63, 3.8) is 0 Å². The molecule has 0 saturated carbocycles. The zero-order chi connectivity index (χ0) is 18.4. The van der Waals surface area contributed by atoms with E-state index in [9.17, 15) is 9.59 Å². The van der Waals surface area contributed by atoms with Crippen LogP contribution in [0.3, 0.4) is 0 Å². The summed E-state index contributed by atoms with van der Waals surface area (Å²) >= 11 is 0. The van der Waals surface area contributed by atoms with Crippen LogP contribution < -0.4 is 10.9 Å². The minimum atomic E-state index is -0.565. The van der Waals surface area contributed by atoms with Crippen LogP contribution in [0, 0.1) is 6.92 Å². The summed E-state index contributed by atoms with van der Waals surface area (Å²) in [6.45, 7) is 2.94. The first-order valence-corrected chi connectivity index (χ1v) is 9.21. The van der Waals surface area contributed by atoms with E-state index in [-0.39, 0.29) is 17.6 Å². The van der Waals surface area contributed by atoms with Gasteiger partial charge in [-0.3, -0.25) is 4.79 Å². The highest BCUT2D eigenvalue weighted by Gasteiger charge is 2.20. The molecule has 5 nitrogen and oxygen atoms in total. The highest BCUT2D eigenvalue weighted by atomic mass is 16.5. The second-order valence-electron chi connectivity index (χ2n) is 6.74. The predicted octanol–water partition coefficient (Wildman–Crippen LogP) is 3.03. The van der Waals surface area contributed by atoms with Gasteiger partial charge in [-0.05, 0) is 49.8 Å². The second-order valence-corrected chi connectivity index (χ2v) is 6.74. The van der Waals surface area contributed by atoms with Crippen molar-refractivity contribution < 1.29 is 13.9 Å². The topological polar surface area (TPSA) is 68.5 Å². The molecule has 3 rings (SSSR count). The van der Waals surface area contributed by atoms with Gasteiger partial charge in [-0.2, -0.15) is 0 Å². The molecule has 26 heavy (non-hydrogen) atoms. The first-order chi connectivity index (χ1) is 12.6. The first kappa shape index (κ1) is 18.4. The Balaban J connectivity index is 1.58. The van der Waals surface area contributed by atoms with Gasteiger partial charge in [0.1, 0.15) is 11.3 Å². The molecule has 0 bridgehead atoms. The monoisotopic (exact) mass is 355 g/mol. The molecule has 1 fully saturated rings. The van der Waals surface area contributed by atoms with E-state index < -0.39 is 5.63 Å². The standard InChI is InChI=1S/C21H25NO4/c1-15-13-17(10-5-9-16-7-3-2-4-8-16)26-21(24)19(15)20(23)22-14-18-11-6-12-25-18/h2-4,7-8,13,18H,5-6,9-12,14H2,1H3,(H,22,23). The second kappa shape index (κ2) is 8.81. The summed E-state index contributed by atoms with van der Waals surface area (Å²) in [7, 11) is 0. The van der Waals surface area contributed by atoms with E-state index in [0.29, 0.717) is 24.3 Å². The van der Waals surface area contributed by atoms with Gasteiger partial charge < -0.3 is 14.5 Å². The van der Waals surface area contributed by atoms with Crippen molar-refractivity contribution in [1.29, 1.82) is 0 Å². The molecule has 1 aliphatic heterocycles. The molecule has 1 amide bonds. The maximum absolute atomic E-state index is 12.3. The lowest BCUT2D eigenvalue weighted by Gasteiger charge is -2.11. The molecule has 1 aromatic carbocycles. The molecule has 1 aliphatic rings. The number of carbonyl (C=O) groups excluding carboxylic acids is 1. The summed E-state index contributed by atoms with van der Waals surface area (Å²) in [5, 5.41) is 2.78. The predicted molar refractivity (Wildman–Crippen MR) is 99.5 cm³/mol. The minimum Gasteiger partial charge on any atom is -0.427 e. The summed E-state index contributed by atoms with van der Waals surface area (Å²) in [6.07, 6.45) is 4.48. The fourth-order valence-corrected chi connectivity index (χ4v) is 3.28. The quantitative estimate of drug-likeness (QED) is 0.829. The Bertz CT molecular complexity index is 791. The number of nitrogens with one attached hydrogen (secondary N) is 1. The van der Waals surface area contributed by atoms with Gasteiger partial charge in [-0.25, -0.2) is 4.79 Å². The number of aryl methyl sites for hydroxylation is 3. The van der Waals surface area contributed by atoms with E-state index in [1.54, 1.807) is 13.0 Å². The van der Waals surface area contributed by atoms with Crippen LogP contribution >= 0.6 is 0 Å². The summed E-state index contributed by atoms with van der Waals surface area (Å²) in [5.41, 5.74) is 1.44. The van der Waals surface area contributed by atoms with Crippen molar-refractivity contribution in [1.82, 2.24) is 5.32 Å². The fraction of sp³-hybridized carbons (Fsp3) is 0.429. The first-order valence-electron chi connectivity index (χ1n) is 9.21. The summed E-state index contributed by atoms with van der Waals surface area (Å²) in [6, 6.07) is 12.0. The summed E-state index contributed by atoms with van der Waals surface area (Å²) in [5.74, 6) is 0.238. The fourth-order valence-electron chi connectivity index (χ4n) is 3.28. The Hall–Kier alpha value is -2.40. The number of hydrogen-bond acceptors (Lipinski definition) is 4. The Kier molecular flexibility index (Phi) is 6.23. The lowest BCUT2D eigenvalue weighted by Crippen LogP contribution is -2.35. The number of carbonyl (C=O) groups is 1. The van der Waals surface area contributed by atoms with Gasteiger partial charge in [0.2, 0.25) is 0 Å². The molecule has 138 valence electrons. The van der Waals surface area contributed by atoms with Crippen molar-refractivity contribution in [3.05, 3.63) is 69.3 Å². The largest absolute Gasteiger partial charge is 0.427 e. The highest BCUT2D eigenvalue weighted by molar-refractivity contribution is 5.95. The van der Waals surface area contributed by atoms with Crippen molar-refractivity contribution in [2.45, 2.75) is 45.1 Å².